The third kappa shape index (κ3) is 2.05. The van der Waals surface area contributed by atoms with E-state index in [0.29, 0.717) is 0 Å². The van der Waals surface area contributed by atoms with Crippen LogP contribution in [0.1, 0.15) is 17.2 Å². The third-order valence-corrected chi connectivity index (χ3v) is 4.56. The zero-order chi connectivity index (χ0) is 15.3. The van der Waals surface area contributed by atoms with E-state index in [-0.39, 0.29) is 11.3 Å². The summed E-state index contributed by atoms with van der Waals surface area (Å²) in [4.78, 5) is -0.993. The highest BCUT2D eigenvalue weighted by atomic mass is 32.2. The van der Waals surface area contributed by atoms with Gasteiger partial charge in [-0.05, 0) is 12.1 Å². The molecule has 4 nitrogen and oxygen atoms in total. The Labute approximate surface area is 111 Å². The van der Waals surface area contributed by atoms with Crippen molar-refractivity contribution in [1.29, 1.82) is 0 Å². The summed E-state index contributed by atoms with van der Waals surface area (Å²) in [6, 6.07) is 1.76. The molecular weight excluding hydrogens is 304 g/mol. The smallest absolute Gasteiger partial charge is 0.341 e. The summed E-state index contributed by atoms with van der Waals surface area (Å²) in [7, 11) is -3.93. The van der Waals surface area contributed by atoms with Crippen LogP contribution in [0, 0.1) is 0 Å². The van der Waals surface area contributed by atoms with Crippen LogP contribution >= 0.6 is 0 Å². The van der Waals surface area contributed by atoms with E-state index in [0.717, 1.165) is 12.1 Å². The minimum absolute atomic E-state index is 0.0792. The zero-order valence-electron chi connectivity index (χ0n) is 10.1. The van der Waals surface area contributed by atoms with Crippen molar-refractivity contribution in [2.24, 2.45) is 0 Å². The molecule has 0 saturated heterocycles. The van der Waals surface area contributed by atoms with Gasteiger partial charge in [0.1, 0.15) is 11.9 Å². The number of aliphatic hydroxyl groups excluding tert-OH is 1. The van der Waals surface area contributed by atoms with Gasteiger partial charge in [-0.15, -0.1) is 0 Å². The van der Waals surface area contributed by atoms with Crippen molar-refractivity contribution in [1.82, 2.24) is 0 Å². The molecule has 112 valence electrons. The minimum atomic E-state index is -5.09. The lowest BCUT2D eigenvalue weighted by Gasteiger charge is -2.16. The van der Waals surface area contributed by atoms with Crippen LogP contribution in [0.25, 0.3) is 0 Å². The molecule has 0 radical (unpaired) electrons. The second-order valence-corrected chi connectivity index (χ2v) is 6.19. The molecule has 0 bridgehead atoms. The number of hydrogen-bond donors (Lipinski definition) is 1. The maximum absolute atomic E-state index is 13.5. The number of halogens is 4. The summed E-state index contributed by atoms with van der Waals surface area (Å²) < 4.78 is 80.0. The molecule has 2 rings (SSSR count). The van der Waals surface area contributed by atoms with E-state index in [9.17, 15) is 31.1 Å². The number of fused-ring (bicyclic) bond motifs is 1. The summed E-state index contributed by atoms with van der Waals surface area (Å²) in [5.41, 5.74) is -0.985. The standard InChI is InChI=1S/C11H10F4O4S/c1-19-6-2-3-7(20(17,18)10(12)13)8-5(6)4-11(14,15)9(8)16/h2-3,9-10,16H,4H2,1H3/t9-/m0/s1. The van der Waals surface area contributed by atoms with E-state index in [2.05, 4.69) is 0 Å². The van der Waals surface area contributed by atoms with Crippen LogP contribution in [-0.4, -0.2) is 32.3 Å². The van der Waals surface area contributed by atoms with Crippen molar-refractivity contribution in [2.45, 2.75) is 29.1 Å². The molecule has 1 atom stereocenters. The maximum atomic E-state index is 13.5. The number of aliphatic hydroxyl groups is 1. The molecule has 0 aromatic heterocycles. The molecule has 0 heterocycles. The summed E-state index contributed by atoms with van der Waals surface area (Å²) in [6.07, 6.45) is -3.43. The molecule has 1 aromatic carbocycles. The Morgan fingerprint density at radius 3 is 2.50 bits per heavy atom. The number of hydrogen-bond acceptors (Lipinski definition) is 4. The van der Waals surface area contributed by atoms with E-state index in [1.165, 1.54) is 7.11 Å². The van der Waals surface area contributed by atoms with Gasteiger partial charge in [-0.3, -0.25) is 0 Å². The third-order valence-electron chi connectivity index (χ3n) is 3.12. The van der Waals surface area contributed by atoms with E-state index in [1.807, 2.05) is 0 Å². The Hall–Kier alpha value is -1.35. The van der Waals surface area contributed by atoms with Crippen LogP contribution in [0.4, 0.5) is 17.6 Å². The fraction of sp³-hybridized carbons (Fsp3) is 0.455. The lowest BCUT2D eigenvalue weighted by atomic mass is 10.1. The molecule has 1 aromatic rings. The summed E-state index contributed by atoms with van der Waals surface area (Å²) in [6.45, 7) is 0. The van der Waals surface area contributed by atoms with Crippen molar-refractivity contribution in [3.05, 3.63) is 23.3 Å². The van der Waals surface area contributed by atoms with E-state index >= 15 is 0 Å². The van der Waals surface area contributed by atoms with Crippen LogP contribution in [0.15, 0.2) is 17.0 Å². The molecule has 0 aliphatic heterocycles. The first kappa shape index (κ1) is 15.0. The highest BCUT2D eigenvalue weighted by Crippen LogP contribution is 2.49. The first-order valence-corrected chi connectivity index (χ1v) is 6.95. The van der Waals surface area contributed by atoms with Gasteiger partial charge in [-0.2, -0.15) is 8.78 Å². The van der Waals surface area contributed by atoms with E-state index in [4.69, 9.17) is 4.74 Å². The molecule has 1 aliphatic rings. The summed E-state index contributed by atoms with van der Waals surface area (Å²) >= 11 is 0. The van der Waals surface area contributed by atoms with Gasteiger partial charge in [0.25, 0.3) is 5.92 Å². The molecule has 0 saturated carbocycles. The quantitative estimate of drug-likeness (QED) is 0.866. The monoisotopic (exact) mass is 314 g/mol. The normalized spacial score (nSPS) is 21.1. The summed E-state index contributed by atoms with van der Waals surface area (Å²) in [5, 5.41) is 9.54. The Bertz CT molecular complexity index is 642. The number of methoxy groups -OCH3 is 1. The lowest BCUT2D eigenvalue weighted by molar-refractivity contribution is -0.0976. The number of alkyl halides is 4. The van der Waals surface area contributed by atoms with Crippen molar-refractivity contribution >= 4 is 9.84 Å². The van der Waals surface area contributed by atoms with Crippen LogP contribution in [0.3, 0.4) is 0 Å². The van der Waals surface area contributed by atoms with Crippen LogP contribution < -0.4 is 4.74 Å². The second-order valence-electron chi connectivity index (χ2n) is 4.30. The molecular formula is C11H10F4O4S. The number of rotatable bonds is 3. The predicted molar refractivity (Wildman–Crippen MR) is 59.8 cm³/mol. The molecule has 0 fully saturated rings. The molecule has 0 unspecified atom stereocenters. The number of sulfone groups is 1. The van der Waals surface area contributed by atoms with Gasteiger partial charge in [0.2, 0.25) is 9.84 Å². The van der Waals surface area contributed by atoms with Crippen molar-refractivity contribution in [2.75, 3.05) is 7.11 Å². The fourth-order valence-electron chi connectivity index (χ4n) is 2.18. The van der Waals surface area contributed by atoms with Gasteiger partial charge in [0.05, 0.1) is 12.0 Å². The molecule has 0 amide bonds. The average Bonchev–Trinajstić information content (AvgIpc) is 2.59. The molecule has 9 heteroatoms. The minimum Gasteiger partial charge on any atom is -0.496 e. The van der Waals surface area contributed by atoms with E-state index < -0.39 is 44.5 Å². The van der Waals surface area contributed by atoms with Crippen molar-refractivity contribution in [3.63, 3.8) is 0 Å². The molecule has 20 heavy (non-hydrogen) atoms. The lowest BCUT2D eigenvalue weighted by Crippen LogP contribution is -2.23. The fourth-order valence-corrected chi connectivity index (χ4v) is 3.18. The van der Waals surface area contributed by atoms with Crippen LogP contribution in [0.5, 0.6) is 5.75 Å². The van der Waals surface area contributed by atoms with Crippen LogP contribution in [0.2, 0.25) is 0 Å². The van der Waals surface area contributed by atoms with Crippen LogP contribution in [-0.2, 0) is 16.3 Å². The zero-order valence-corrected chi connectivity index (χ0v) is 10.9. The highest BCUT2D eigenvalue weighted by molar-refractivity contribution is 7.91. The summed E-state index contributed by atoms with van der Waals surface area (Å²) in [5.74, 6) is -7.48. The topological polar surface area (TPSA) is 63.6 Å². The highest BCUT2D eigenvalue weighted by Gasteiger charge is 2.51. The number of benzene rings is 1. The van der Waals surface area contributed by atoms with Gasteiger partial charge in [0.15, 0.2) is 0 Å². The Kier molecular flexibility index (Phi) is 3.45. The van der Waals surface area contributed by atoms with Crippen molar-refractivity contribution < 1.29 is 35.8 Å². The molecule has 1 N–H and O–H groups in total. The van der Waals surface area contributed by atoms with Crippen molar-refractivity contribution in [3.8, 4) is 5.75 Å². The van der Waals surface area contributed by atoms with Gasteiger partial charge in [-0.1, -0.05) is 0 Å². The van der Waals surface area contributed by atoms with Gasteiger partial charge in [0, 0.05) is 17.5 Å². The van der Waals surface area contributed by atoms with E-state index in [1.54, 1.807) is 0 Å². The first-order valence-electron chi connectivity index (χ1n) is 5.40. The Morgan fingerprint density at radius 1 is 1.40 bits per heavy atom. The molecule has 0 spiro atoms. The van der Waals surface area contributed by atoms with Gasteiger partial charge >= 0.3 is 5.76 Å². The SMILES string of the molecule is COc1ccc(S(=O)(=O)C(F)F)c2c1CC(F)(F)[C@H]2O. The van der Waals surface area contributed by atoms with Gasteiger partial charge in [-0.25, -0.2) is 17.2 Å². The maximum Gasteiger partial charge on any atom is 0.341 e. The second kappa shape index (κ2) is 4.59. The average molecular weight is 314 g/mol. The number of ether oxygens (including phenoxy) is 1. The first-order chi connectivity index (χ1) is 9.13. The largest absolute Gasteiger partial charge is 0.496 e. The predicted octanol–water partition coefficient (Wildman–Crippen LogP) is 1.92. The Balaban J connectivity index is 2.75. The Morgan fingerprint density at radius 2 is 2.00 bits per heavy atom. The van der Waals surface area contributed by atoms with Gasteiger partial charge < -0.3 is 9.84 Å². The molecule has 1 aliphatic carbocycles.